The molecule has 0 unspecified atom stereocenters. The average molecular weight is 462 g/mol. The normalized spacial score (nSPS) is 14.3. The average Bonchev–Trinajstić information content (AvgIpc) is 3.33. The number of aryl methyl sites for hydroxylation is 2. The van der Waals surface area contributed by atoms with Crippen LogP contribution in [0.4, 0.5) is 10.2 Å². The first-order valence-electron chi connectivity index (χ1n) is 11.2. The minimum Gasteiger partial charge on any atom is -0.323 e. The number of carbonyl (C=O) groups is 1. The Labute approximate surface area is 197 Å². The van der Waals surface area contributed by atoms with Gasteiger partial charge in [-0.3, -0.25) is 14.5 Å². The molecule has 0 atom stereocenters. The molecule has 0 amide bonds. The Balaban J connectivity index is 1.70. The van der Waals surface area contributed by atoms with Crippen LogP contribution >= 0.6 is 0 Å². The summed E-state index contributed by atoms with van der Waals surface area (Å²) in [6.45, 7) is 7.58. The topological polar surface area (TPSA) is 89.5 Å². The standard InChI is InChI=1S/C25H28FN7O/c1-6-18-24(16-10-12-17(26)13-11-16)32(5)31-25(18)29-21(27-3)14-22(28-4)33-19-8-7-9-20(34)23(19)15(2)30-33/h10-14H,3,6-9H2,1-2,4-5H3,(H,29,31)/b21-14+,28-22?. The van der Waals surface area contributed by atoms with Gasteiger partial charge in [0.2, 0.25) is 0 Å². The number of halogens is 1. The molecule has 8 nitrogen and oxygen atoms in total. The second kappa shape index (κ2) is 9.54. The van der Waals surface area contributed by atoms with Gasteiger partial charge in [-0.15, -0.1) is 0 Å². The lowest BCUT2D eigenvalue weighted by molar-refractivity contribution is 0.0971. The molecular weight excluding hydrogens is 433 g/mol. The highest BCUT2D eigenvalue weighted by atomic mass is 19.1. The third-order valence-corrected chi connectivity index (χ3v) is 6.00. The quantitative estimate of drug-likeness (QED) is 0.437. The minimum atomic E-state index is -0.285. The van der Waals surface area contributed by atoms with Crippen molar-refractivity contribution >= 4 is 24.2 Å². The molecule has 34 heavy (non-hydrogen) atoms. The van der Waals surface area contributed by atoms with Crippen molar-refractivity contribution in [1.29, 1.82) is 0 Å². The summed E-state index contributed by atoms with van der Waals surface area (Å²) < 4.78 is 16.9. The SMILES string of the molecule is C=N/C(=C\C(=NC)n1nc(C)c2c1CCCC2=O)Nc1nn(C)c(-c2ccc(F)cc2)c1CC. The molecule has 0 saturated heterocycles. The number of hydrogen-bond acceptors (Lipinski definition) is 6. The molecule has 0 radical (unpaired) electrons. The fourth-order valence-electron chi connectivity index (χ4n) is 4.46. The molecule has 2 heterocycles. The Kier molecular flexibility index (Phi) is 6.54. The van der Waals surface area contributed by atoms with E-state index in [0.29, 0.717) is 41.6 Å². The second-order valence-electron chi connectivity index (χ2n) is 8.15. The summed E-state index contributed by atoms with van der Waals surface area (Å²) in [5, 5.41) is 12.5. The van der Waals surface area contributed by atoms with E-state index in [0.717, 1.165) is 35.4 Å². The van der Waals surface area contributed by atoms with E-state index in [1.807, 2.05) is 20.9 Å². The van der Waals surface area contributed by atoms with Gasteiger partial charge in [0.05, 0.1) is 22.6 Å². The van der Waals surface area contributed by atoms with Gasteiger partial charge in [0.15, 0.2) is 17.4 Å². The maximum atomic E-state index is 13.4. The van der Waals surface area contributed by atoms with E-state index in [1.54, 1.807) is 34.6 Å². The van der Waals surface area contributed by atoms with Gasteiger partial charge >= 0.3 is 0 Å². The van der Waals surface area contributed by atoms with Crippen LogP contribution in [-0.4, -0.2) is 44.9 Å². The number of fused-ring (bicyclic) bond motifs is 1. The van der Waals surface area contributed by atoms with Crippen LogP contribution in [0.5, 0.6) is 0 Å². The van der Waals surface area contributed by atoms with Gasteiger partial charge < -0.3 is 5.32 Å². The predicted octanol–water partition coefficient (Wildman–Crippen LogP) is 4.34. The Hall–Kier alpha value is -3.88. The molecule has 176 valence electrons. The predicted molar refractivity (Wildman–Crippen MR) is 132 cm³/mol. The highest BCUT2D eigenvalue weighted by Gasteiger charge is 2.26. The summed E-state index contributed by atoms with van der Waals surface area (Å²) in [6, 6.07) is 6.36. The van der Waals surface area contributed by atoms with Crippen molar-refractivity contribution in [3.63, 3.8) is 0 Å². The molecule has 0 spiro atoms. The molecule has 4 rings (SSSR count). The van der Waals surface area contributed by atoms with Crippen molar-refractivity contribution in [3.05, 3.63) is 64.5 Å². The van der Waals surface area contributed by atoms with Crippen LogP contribution in [0.25, 0.3) is 11.3 Å². The summed E-state index contributed by atoms with van der Waals surface area (Å²) in [6.07, 6.45) is 4.55. The van der Waals surface area contributed by atoms with Gasteiger partial charge in [-0.05, 0) is 57.2 Å². The van der Waals surface area contributed by atoms with Crippen LogP contribution in [0.2, 0.25) is 0 Å². The number of nitrogens with zero attached hydrogens (tertiary/aromatic N) is 6. The molecule has 9 heteroatoms. The van der Waals surface area contributed by atoms with Crippen molar-refractivity contribution in [2.75, 3.05) is 12.4 Å². The van der Waals surface area contributed by atoms with E-state index in [4.69, 9.17) is 0 Å². The van der Waals surface area contributed by atoms with Crippen LogP contribution in [-0.2, 0) is 19.9 Å². The summed E-state index contributed by atoms with van der Waals surface area (Å²) >= 11 is 0. The van der Waals surface area contributed by atoms with Crippen molar-refractivity contribution in [2.24, 2.45) is 17.0 Å². The van der Waals surface area contributed by atoms with Crippen molar-refractivity contribution in [3.8, 4) is 11.3 Å². The number of aromatic nitrogens is 4. The zero-order valence-corrected chi connectivity index (χ0v) is 19.9. The Bertz CT molecular complexity index is 1310. The number of hydrogen-bond donors (Lipinski definition) is 1. The smallest absolute Gasteiger partial charge is 0.166 e. The first-order valence-corrected chi connectivity index (χ1v) is 11.2. The maximum absolute atomic E-state index is 13.4. The van der Waals surface area contributed by atoms with Gasteiger partial charge in [-0.25, -0.2) is 14.1 Å². The molecule has 3 aromatic rings. The maximum Gasteiger partial charge on any atom is 0.166 e. The Morgan fingerprint density at radius 3 is 2.65 bits per heavy atom. The van der Waals surface area contributed by atoms with E-state index >= 15 is 0 Å². The molecule has 0 fully saturated rings. The number of ketones is 1. The van der Waals surface area contributed by atoms with Gasteiger partial charge in [-0.2, -0.15) is 10.2 Å². The van der Waals surface area contributed by atoms with E-state index in [2.05, 4.69) is 32.2 Å². The van der Waals surface area contributed by atoms with Crippen molar-refractivity contribution < 1.29 is 9.18 Å². The molecule has 1 aliphatic rings. The lowest BCUT2D eigenvalue weighted by atomic mass is 9.95. The molecule has 0 aliphatic heterocycles. The number of anilines is 1. The van der Waals surface area contributed by atoms with E-state index in [1.165, 1.54) is 12.1 Å². The lowest BCUT2D eigenvalue weighted by Crippen LogP contribution is -2.19. The second-order valence-corrected chi connectivity index (χ2v) is 8.15. The van der Waals surface area contributed by atoms with Crippen molar-refractivity contribution in [2.45, 2.75) is 39.5 Å². The first kappa shape index (κ1) is 23.3. The fraction of sp³-hybridized carbons (Fsp3) is 0.320. The van der Waals surface area contributed by atoms with Gasteiger partial charge in [0.1, 0.15) is 11.6 Å². The molecule has 2 aromatic heterocycles. The third-order valence-electron chi connectivity index (χ3n) is 6.00. The van der Waals surface area contributed by atoms with Crippen LogP contribution in [0, 0.1) is 12.7 Å². The highest BCUT2D eigenvalue weighted by molar-refractivity contribution is 6.02. The van der Waals surface area contributed by atoms with Gasteiger partial charge in [-0.1, -0.05) is 6.92 Å². The molecule has 0 bridgehead atoms. The number of aliphatic imine (C=N–C) groups is 2. The summed E-state index contributed by atoms with van der Waals surface area (Å²) in [5.41, 5.74) is 5.02. The van der Waals surface area contributed by atoms with E-state index < -0.39 is 0 Å². The number of Topliss-reactive ketones (excluding diaryl/α,β-unsaturated/α-hetero) is 1. The first-order chi connectivity index (χ1) is 16.4. The molecule has 1 aromatic carbocycles. The molecule has 0 saturated carbocycles. The third kappa shape index (κ3) is 4.21. The molecule has 1 N–H and O–H groups in total. The number of allylic oxidation sites excluding steroid dienone is 1. The summed E-state index contributed by atoms with van der Waals surface area (Å²) in [4.78, 5) is 20.9. The monoisotopic (exact) mass is 461 g/mol. The zero-order valence-electron chi connectivity index (χ0n) is 19.9. The van der Waals surface area contributed by atoms with E-state index in [-0.39, 0.29) is 11.6 Å². The van der Waals surface area contributed by atoms with E-state index in [9.17, 15) is 9.18 Å². The minimum absolute atomic E-state index is 0.124. The number of benzene rings is 1. The Morgan fingerprint density at radius 1 is 1.26 bits per heavy atom. The fourth-order valence-corrected chi connectivity index (χ4v) is 4.46. The zero-order chi connectivity index (χ0) is 24.4. The number of carbonyl (C=O) groups excluding carboxylic acids is 1. The van der Waals surface area contributed by atoms with Crippen LogP contribution in [0.15, 0.2) is 46.1 Å². The number of rotatable bonds is 6. The van der Waals surface area contributed by atoms with Crippen LogP contribution in [0.1, 0.15) is 47.1 Å². The van der Waals surface area contributed by atoms with Crippen LogP contribution < -0.4 is 5.32 Å². The summed E-state index contributed by atoms with van der Waals surface area (Å²) in [5.74, 6) is 1.46. The highest BCUT2D eigenvalue weighted by Crippen LogP contribution is 2.30. The lowest BCUT2D eigenvalue weighted by Gasteiger charge is -2.14. The summed E-state index contributed by atoms with van der Waals surface area (Å²) in [7, 11) is 3.52. The number of nitrogens with one attached hydrogen (secondary N) is 1. The largest absolute Gasteiger partial charge is 0.323 e. The Morgan fingerprint density at radius 2 is 2.00 bits per heavy atom. The van der Waals surface area contributed by atoms with Crippen molar-refractivity contribution in [1.82, 2.24) is 19.6 Å². The molecule has 1 aliphatic carbocycles. The van der Waals surface area contributed by atoms with Gasteiger partial charge in [0.25, 0.3) is 0 Å². The van der Waals surface area contributed by atoms with Gasteiger partial charge in [0, 0.05) is 37.7 Å². The van der Waals surface area contributed by atoms with Crippen LogP contribution in [0.3, 0.4) is 0 Å². The molecular formula is C25H28FN7O.